The minimum atomic E-state index is -3.09. The molecule has 4 aliphatic rings. The van der Waals surface area contributed by atoms with Gasteiger partial charge in [0.25, 0.3) is 0 Å². The van der Waals surface area contributed by atoms with Crippen molar-refractivity contribution in [1.82, 2.24) is 4.90 Å². The maximum atomic E-state index is 13.9. The molecule has 59 heavy (non-hydrogen) atoms. The van der Waals surface area contributed by atoms with Crippen LogP contribution in [0.2, 0.25) is 10.0 Å². The van der Waals surface area contributed by atoms with Crippen molar-refractivity contribution in [2.45, 2.75) is 57.0 Å². The minimum absolute atomic E-state index is 0.0215. The number of para-hydroxylation sites is 1. The molecule has 0 spiro atoms. The molecule has 12 nitrogen and oxygen atoms in total. The van der Waals surface area contributed by atoms with E-state index in [-0.39, 0.29) is 39.6 Å². The van der Waals surface area contributed by atoms with Crippen molar-refractivity contribution < 1.29 is 56.6 Å². The first-order valence-corrected chi connectivity index (χ1v) is 20.1. The van der Waals surface area contributed by atoms with Crippen LogP contribution in [0.3, 0.4) is 0 Å². The number of alkyl halides is 2. The van der Waals surface area contributed by atoms with Crippen molar-refractivity contribution in [1.29, 1.82) is 0 Å². The Morgan fingerprint density at radius 1 is 0.915 bits per heavy atom. The van der Waals surface area contributed by atoms with Crippen LogP contribution in [0, 0.1) is 11.8 Å². The number of hydrogen-bond donors (Lipinski definition) is 1. The molecule has 4 fully saturated rings. The first-order valence-electron chi connectivity index (χ1n) is 19.4. The number of methoxy groups -OCH3 is 1. The van der Waals surface area contributed by atoms with Crippen LogP contribution in [0.5, 0.6) is 17.2 Å². The molecule has 1 unspecified atom stereocenters. The van der Waals surface area contributed by atoms with Crippen LogP contribution in [-0.2, 0) is 30.2 Å². The highest BCUT2D eigenvalue weighted by Gasteiger charge is 2.38. The third-order valence-electron chi connectivity index (χ3n) is 10.7. The summed E-state index contributed by atoms with van der Waals surface area (Å²) in [7, 11) is 1.52. The highest BCUT2D eigenvalue weighted by molar-refractivity contribution is 6.35. The molecule has 4 aromatic rings. The first-order chi connectivity index (χ1) is 28.5. The normalized spacial score (nSPS) is 19.3. The third-order valence-corrected chi connectivity index (χ3v) is 11.3. The lowest BCUT2D eigenvalue weighted by Gasteiger charge is -2.44. The van der Waals surface area contributed by atoms with E-state index in [1.165, 1.54) is 49.8 Å². The number of aromatic amines is 1. The molecule has 0 radical (unpaired) electrons. The molecule has 16 heteroatoms. The summed E-state index contributed by atoms with van der Waals surface area (Å²) in [5, 5.41) is 3.76. The van der Waals surface area contributed by atoms with Crippen molar-refractivity contribution >= 4 is 46.8 Å². The second kappa shape index (κ2) is 19.3. The van der Waals surface area contributed by atoms with Gasteiger partial charge < -0.3 is 33.7 Å². The fourth-order valence-corrected chi connectivity index (χ4v) is 7.87. The Bertz CT molecular complexity index is 2110. The quantitative estimate of drug-likeness (QED) is 0.0780. The van der Waals surface area contributed by atoms with E-state index in [1.54, 1.807) is 36.4 Å². The van der Waals surface area contributed by atoms with Crippen LogP contribution in [0.25, 0.3) is 0 Å². The Balaban J connectivity index is 1.05. The summed E-state index contributed by atoms with van der Waals surface area (Å²) in [6.07, 6.45) is 5.57. The number of ether oxygens (including phenoxy) is 6. The van der Waals surface area contributed by atoms with Gasteiger partial charge in [-0.2, -0.15) is 8.78 Å². The molecule has 2 N–H and O–H groups in total. The lowest BCUT2D eigenvalue weighted by molar-refractivity contribution is -0.377. The molecule has 1 aromatic heterocycles. The van der Waals surface area contributed by atoms with E-state index in [1.807, 2.05) is 0 Å². The Hall–Kier alpha value is -5.18. The molecule has 3 aromatic carbocycles. The number of H-pyrrole nitrogens is 1. The molecule has 1 aliphatic carbocycles. The number of rotatable bonds is 18. The van der Waals surface area contributed by atoms with Gasteiger partial charge in [0.05, 0.1) is 19.3 Å². The number of nitrogens with zero attached hydrogens (tertiary/aromatic N) is 1. The van der Waals surface area contributed by atoms with Crippen molar-refractivity contribution in [3.05, 3.63) is 111 Å². The number of carbonyl (C=O) groups is 3. The monoisotopic (exact) mass is 854 g/mol. The number of nitrogens with one attached hydrogen (secondary N) is 2. The Kier molecular flexibility index (Phi) is 13.7. The van der Waals surface area contributed by atoms with Crippen molar-refractivity contribution in [2.24, 2.45) is 11.8 Å². The predicted octanol–water partition coefficient (Wildman–Crippen LogP) is 7.68. The largest absolute Gasteiger partial charge is 0.496 e. The maximum Gasteiger partial charge on any atom is 0.387 e. The predicted molar refractivity (Wildman–Crippen MR) is 212 cm³/mol. The van der Waals surface area contributed by atoms with Crippen LogP contribution in [0.15, 0.2) is 79.1 Å². The van der Waals surface area contributed by atoms with Crippen molar-refractivity contribution in [2.75, 3.05) is 45.3 Å². The average molecular weight is 856 g/mol. The molecule has 4 heterocycles. The second-order valence-corrected chi connectivity index (χ2v) is 15.6. The van der Waals surface area contributed by atoms with Crippen molar-refractivity contribution in [3.63, 3.8) is 0 Å². The summed E-state index contributed by atoms with van der Waals surface area (Å²) < 4.78 is 60.0. The number of piperidine rings is 3. The zero-order valence-corrected chi connectivity index (χ0v) is 33.7. The standard InChI is InChI=1S/C43H43Cl2F2N3O9/c1-54-34-8-3-2-7-30(34)40(42(53)58-38-22-50-15-13-26(38)14-16-50)49-29-6-4-5-28(17-29)41(52)56-24-39(51)57-36(19-31-32(44)20-48-21-33(31)45)27-11-12-35(59-43(46)47)37(18-27)55-23-25-9-10-25/h2-8,11-12,17-18,20-21,25-26,36,38,40,43,49H,9-10,13-16,19,22-24H2,1H3/p+1/t36-,38-,40?/m0/s1. The van der Waals surface area contributed by atoms with Crippen LogP contribution in [0.1, 0.15) is 64.9 Å². The molecular formula is C43H44Cl2F2N3O9+. The minimum Gasteiger partial charge on any atom is -0.496 e. The summed E-state index contributed by atoms with van der Waals surface area (Å²) >= 11 is 12.9. The molecule has 3 aliphatic heterocycles. The van der Waals surface area contributed by atoms with Gasteiger partial charge in [0, 0.05) is 29.8 Å². The average Bonchev–Trinajstić information content (AvgIpc) is 4.07. The number of halogens is 4. The highest BCUT2D eigenvalue weighted by atomic mass is 35.5. The third kappa shape index (κ3) is 10.9. The second-order valence-electron chi connectivity index (χ2n) is 14.7. The fraction of sp³-hybridized carbons (Fsp3) is 0.395. The van der Waals surface area contributed by atoms with Gasteiger partial charge in [0.1, 0.15) is 28.0 Å². The van der Waals surface area contributed by atoms with E-state index in [0.29, 0.717) is 53.1 Å². The van der Waals surface area contributed by atoms with Gasteiger partial charge in [-0.1, -0.05) is 53.5 Å². The van der Waals surface area contributed by atoms with E-state index in [2.05, 4.69) is 19.9 Å². The van der Waals surface area contributed by atoms with Crippen LogP contribution >= 0.6 is 23.2 Å². The van der Waals surface area contributed by atoms with E-state index in [0.717, 1.165) is 38.8 Å². The van der Waals surface area contributed by atoms with Gasteiger partial charge in [-0.3, -0.25) is 4.90 Å². The molecule has 312 valence electrons. The lowest BCUT2D eigenvalue weighted by Crippen LogP contribution is -2.52. The molecule has 2 bridgehead atoms. The van der Waals surface area contributed by atoms with Crippen LogP contribution < -0.4 is 24.5 Å². The molecule has 3 atom stereocenters. The maximum absolute atomic E-state index is 13.9. The first kappa shape index (κ1) is 42.0. The summed E-state index contributed by atoms with van der Waals surface area (Å²) in [6, 6.07) is 16.7. The molecule has 0 amide bonds. The van der Waals surface area contributed by atoms with E-state index in [4.69, 9.17) is 46.9 Å². The summed E-state index contributed by atoms with van der Waals surface area (Å²) in [4.78, 5) is 45.7. The number of anilines is 1. The lowest BCUT2D eigenvalue weighted by atomic mass is 9.86. The number of pyridine rings is 1. The number of aromatic nitrogens is 1. The number of fused-ring (bicyclic) bond motifs is 3. The van der Waals surface area contributed by atoms with Gasteiger partial charge in [-0.25, -0.2) is 19.4 Å². The van der Waals surface area contributed by atoms with Crippen LogP contribution in [-0.4, -0.2) is 75.5 Å². The van der Waals surface area contributed by atoms with E-state index < -0.39 is 43.3 Å². The Morgan fingerprint density at radius 3 is 2.37 bits per heavy atom. The number of benzene rings is 3. The SMILES string of the molecule is COc1ccccc1C(Nc1cccc(C(=O)OCC(=O)O[C@@H](Cc2c(Cl)c[nH+]cc2Cl)c2ccc(OC(F)F)c(OCC3CC3)c2)c1)C(=O)O[C@H]1CN2CCC1CC2. The molecule has 1 saturated carbocycles. The highest BCUT2D eigenvalue weighted by Crippen LogP contribution is 2.38. The van der Waals surface area contributed by atoms with Gasteiger partial charge in [0.15, 0.2) is 36.5 Å². The van der Waals surface area contributed by atoms with Gasteiger partial charge in [0.2, 0.25) is 0 Å². The molecule has 8 rings (SSSR count). The topological polar surface area (TPSA) is 136 Å². The number of carbonyl (C=O) groups excluding carboxylic acids is 3. The van der Waals surface area contributed by atoms with Crippen molar-refractivity contribution in [3.8, 4) is 17.2 Å². The molecule has 3 saturated heterocycles. The van der Waals surface area contributed by atoms with Gasteiger partial charge >= 0.3 is 24.5 Å². The Morgan fingerprint density at radius 2 is 1.68 bits per heavy atom. The van der Waals surface area contributed by atoms with Crippen LogP contribution in [0.4, 0.5) is 14.5 Å². The summed E-state index contributed by atoms with van der Waals surface area (Å²) in [5.74, 6) is -1.26. The zero-order valence-electron chi connectivity index (χ0n) is 32.2. The van der Waals surface area contributed by atoms with E-state index >= 15 is 0 Å². The fourth-order valence-electron chi connectivity index (χ4n) is 7.34. The van der Waals surface area contributed by atoms with Gasteiger partial charge in [-0.15, -0.1) is 0 Å². The van der Waals surface area contributed by atoms with E-state index in [9.17, 15) is 23.2 Å². The number of hydrogen-bond acceptors (Lipinski definition) is 11. The number of esters is 3. The van der Waals surface area contributed by atoms with Gasteiger partial charge in [-0.05, 0) is 92.6 Å². The summed E-state index contributed by atoms with van der Waals surface area (Å²) in [5.41, 5.74) is 1.87. The smallest absolute Gasteiger partial charge is 0.387 e. The molecular weight excluding hydrogens is 811 g/mol. The zero-order chi connectivity index (χ0) is 41.5. The summed E-state index contributed by atoms with van der Waals surface area (Å²) in [6.45, 7) is -0.884. The Labute approximate surface area is 350 Å².